The van der Waals surface area contributed by atoms with Crippen LogP contribution in [0.15, 0.2) is 0 Å². The molecule has 3 atom stereocenters. The highest BCUT2D eigenvalue weighted by Crippen LogP contribution is 2.37. The SMILES string of the molecule is C[C@@H](N)C(=O)N1CC2CCC1C2. The van der Waals surface area contributed by atoms with Crippen LogP contribution >= 0.6 is 0 Å². The third kappa shape index (κ3) is 1.12. The average Bonchev–Trinajstić information content (AvgIpc) is 2.62. The van der Waals surface area contributed by atoms with Gasteiger partial charge < -0.3 is 10.6 Å². The first kappa shape index (κ1) is 8.05. The molecule has 3 heteroatoms. The molecule has 0 aromatic carbocycles. The summed E-state index contributed by atoms with van der Waals surface area (Å²) in [5.74, 6) is 0.917. The normalized spacial score (nSPS) is 35.7. The average molecular weight is 168 g/mol. The van der Waals surface area contributed by atoms with Crippen molar-refractivity contribution in [3.63, 3.8) is 0 Å². The molecular weight excluding hydrogens is 152 g/mol. The number of amides is 1. The van der Waals surface area contributed by atoms with Crippen LogP contribution in [0.5, 0.6) is 0 Å². The Kier molecular flexibility index (Phi) is 1.83. The lowest BCUT2D eigenvalue weighted by Gasteiger charge is -2.28. The van der Waals surface area contributed by atoms with Crippen LogP contribution in [0.1, 0.15) is 26.2 Å². The smallest absolute Gasteiger partial charge is 0.239 e. The Morgan fingerprint density at radius 1 is 1.58 bits per heavy atom. The van der Waals surface area contributed by atoms with E-state index in [1.54, 1.807) is 6.92 Å². The van der Waals surface area contributed by atoms with E-state index in [-0.39, 0.29) is 11.9 Å². The molecule has 12 heavy (non-hydrogen) atoms. The van der Waals surface area contributed by atoms with E-state index in [4.69, 9.17) is 5.73 Å². The molecule has 1 saturated heterocycles. The van der Waals surface area contributed by atoms with E-state index in [9.17, 15) is 4.79 Å². The third-order valence-electron chi connectivity index (χ3n) is 3.08. The number of piperidine rings is 1. The first-order chi connectivity index (χ1) is 5.68. The van der Waals surface area contributed by atoms with Gasteiger partial charge in [0.15, 0.2) is 0 Å². The van der Waals surface area contributed by atoms with Crippen molar-refractivity contribution in [3.8, 4) is 0 Å². The van der Waals surface area contributed by atoms with E-state index >= 15 is 0 Å². The van der Waals surface area contributed by atoms with Crippen LogP contribution in [0.4, 0.5) is 0 Å². The summed E-state index contributed by atoms with van der Waals surface area (Å²) in [6.07, 6.45) is 3.73. The zero-order valence-electron chi connectivity index (χ0n) is 7.49. The summed E-state index contributed by atoms with van der Waals surface area (Å²) in [7, 11) is 0. The molecule has 2 N–H and O–H groups in total. The molecule has 0 spiro atoms. The quantitative estimate of drug-likeness (QED) is 0.614. The minimum Gasteiger partial charge on any atom is -0.338 e. The second-order valence-corrected chi connectivity index (χ2v) is 4.11. The monoisotopic (exact) mass is 168 g/mol. The molecule has 2 bridgehead atoms. The van der Waals surface area contributed by atoms with Crippen molar-refractivity contribution < 1.29 is 4.79 Å². The zero-order valence-corrected chi connectivity index (χ0v) is 7.49. The predicted octanol–water partition coefficient (Wildman–Crippen LogP) is 0.345. The standard InChI is InChI=1S/C9H16N2O/c1-6(10)9(12)11-5-7-2-3-8(11)4-7/h6-8H,2-5,10H2,1H3/t6-,7?,8?/m1/s1. The Bertz CT molecular complexity index is 203. The summed E-state index contributed by atoms with van der Waals surface area (Å²) < 4.78 is 0. The fourth-order valence-corrected chi connectivity index (χ4v) is 2.46. The lowest BCUT2D eigenvalue weighted by Crippen LogP contribution is -2.45. The van der Waals surface area contributed by atoms with Crippen LogP contribution in [-0.4, -0.2) is 29.4 Å². The number of hydrogen-bond donors (Lipinski definition) is 1. The number of carbonyl (C=O) groups excluding carboxylic acids is 1. The molecule has 0 aromatic heterocycles. The molecule has 2 rings (SSSR count). The summed E-state index contributed by atoms with van der Waals surface area (Å²) in [6.45, 7) is 2.74. The molecule has 3 nitrogen and oxygen atoms in total. The van der Waals surface area contributed by atoms with Gasteiger partial charge in [-0.15, -0.1) is 0 Å². The molecule has 2 fully saturated rings. The second-order valence-electron chi connectivity index (χ2n) is 4.11. The maximum absolute atomic E-state index is 11.5. The fourth-order valence-electron chi connectivity index (χ4n) is 2.46. The van der Waals surface area contributed by atoms with Gasteiger partial charge in [-0.05, 0) is 32.1 Å². The number of nitrogens with zero attached hydrogens (tertiary/aromatic N) is 1. The lowest BCUT2D eigenvalue weighted by molar-refractivity contribution is -0.133. The summed E-state index contributed by atoms with van der Waals surface area (Å²) in [5.41, 5.74) is 5.56. The van der Waals surface area contributed by atoms with Crippen LogP contribution < -0.4 is 5.73 Å². The summed E-state index contributed by atoms with van der Waals surface area (Å²) in [5, 5.41) is 0. The highest BCUT2D eigenvalue weighted by Gasteiger charge is 2.40. The van der Waals surface area contributed by atoms with Gasteiger partial charge in [0.1, 0.15) is 0 Å². The predicted molar refractivity (Wildman–Crippen MR) is 46.5 cm³/mol. The number of likely N-dealkylation sites (tertiary alicyclic amines) is 1. The molecule has 1 aliphatic heterocycles. The Morgan fingerprint density at radius 3 is 2.75 bits per heavy atom. The molecular formula is C9H16N2O. The minimum atomic E-state index is -0.315. The highest BCUT2D eigenvalue weighted by molar-refractivity contribution is 5.81. The maximum Gasteiger partial charge on any atom is 0.239 e. The van der Waals surface area contributed by atoms with Gasteiger partial charge in [-0.1, -0.05) is 0 Å². The maximum atomic E-state index is 11.5. The number of carbonyl (C=O) groups is 1. The Morgan fingerprint density at radius 2 is 2.33 bits per heavy atom. The minimum absolute atomic E-state index is 0.141. The molecule has 1 aliphatic carbocycles. The van der Waals surface area contributed by atoms with Gasteiger partial charge >= 0.3 is 0 Å². The van der Waals surface area contributed by atoms with Gasteiger partial charge in [0, 0.05) is 12.6 Å². The topological polar surface area (TPSA) is 46.3 Å². The van der Waals surface area contributed by atoms with Crippen LogP contribution in [0.25, 0.3) is 0 Å². The van der Waals surface area contributed by atoms with Gasteiger partial charge in [0.2, 0.25) is 5.91 Å². The van der Waals surface area contributed by atoms with Crippen molar-refractivity contribution in [1.82, 2.24) is 4.90 Å². The van der Waals surface area contributed by atoms with E-state index < -0.39 is 0 Å². The number of fused-ring (bicyclic) bond motifs is 2. The summed E-state index contributed by atoms with van der Waals surface area (Å²) in [6, 6.07) is 0.206. The Labute approximate surface area is 72.9 Å². The van der Waals surface area contributed by atoms with Crippen molar-refractivity contribution >= 4 is 5.91 Å². The van der Waals surface area contributed by atoms with Crippen molar-refractivity contribution in [2.75, 3.05) is 6.54 Å². The lowest BCUT2D eigenvalue weighted by atomic mass is 10.1. The van der Waals surface area contributed by atoms with E-state index in [1.165, 1.54) is 19.3 Å². The van der Waals surface area contributed by atoms with E-state index in [0.717, 1.165) is 12.5 Å². The fraction of sp³-hybridized carbons (Fsp3) is 0.889. The molecule has 68 valence electrons. The van der Waals surface area contributed by atoms with Crippen LogP contribution in [0, 0.1) is 5.92 Å². The molecule has 1 saturated carbocycles. The van der Waals surface area contributed by atoms with Crippen molar-refractivity contribution in [3.05, 3.63) is 0 Å². The Balaban J connectivity index is 2.02. The first-order valence-corrected chi connectivity index (χ1v) is 4.74. The van der Waals surface area contributed by atoms with Crippen LogP contribution in [0.3, 0.4) is 0 Å². The van der Waals surface area contributed by atoms with Gasteiger partial charge in [0.05, 0.1) is 6.04 Å². The van der Waals surface area contributed by atoms with Crippen LogP contribution in [-0.2, 0) is 4.79 Å². The third-order valence-corrected chi connectivity index (χ3v) is 3.08. The van der Waals surface area contributed by atoms with Crippen LogP contribution in [0.2, 0.25) is 0 Å². The van der Waals surface area contributed by atoms with E-state index in [0.29, 0.717) is 6.04 Å². The Hall–Kier alpha value is -0.570. The van der Waals surface area contributed by atoms with Gasteiger partial charge in [-0.3, -0.25) is 4.79 Å². The number of rotatable bonds is 1. The van der Waals surface area contributed by atoms with Crippen molar-refractivity contribution in [2.24, 2.45) is 11.7 Å². The van der Waals surface area contributed by atoms with Crippen molar-refractivity contribution in [2.45, 2.75) is 38.3 Å². The van der Waals surface area contributed by atoms with Crippen molar-refractivity contribution in [1.29, 1.82) is 0 Å². The molecule has 1 amide bonds. The largest absolute Gasteiger partial charge is 0.338 e. The summed E-state index contributed by atoms with van der Waals surface area (Å²) >= 11 is 0. The molecule has 2 unspecified atom stereocenters. The van der Waals surface area contributed by atoms with Gasteiger partial charge in [0.25, 0.3) is 0 Å². The van der Waals surface area contributed by atoms with Gasteiger partial charge in [-0.2, -0.15) is 0 Å². The highest BCUT2D eigenvalue weighted by atomic mass is 16.2. The van der Waals surface area contributed by atoms with E-state index in [2.05, 4.69) is 0 Å². The number of hydrogen-bond acceptors (Lipinski definition) is 2. The van der Waals surface area contributed by atoms with Gasteiger partial charge in [-0.25, -0.2) is 0 Å². The molecule has 0 aromatic rings. The van der Waals surface area contributed by atoms with E-state index in [1.807, 2.05) is 4.90 Å². The first-order valence-electron chi connectivity index (χ1n) is 4.74. The number of nitrogens with two attached hydrogens (primary N) is 1. The molecule has 1 heterocycles. The second kappa shape index (κ2) is 2.73. The summed E-state index contributed by atoms with van der Waals surface area (Å²) in [4.78, 5) is 13.5. The molecule has 2 aliphatic rings. The molecule has 0 radical (unpaired) electrons. The zero-order chi connectivity index (χ0) is 8.72.